The first kappa shape index (κ1) is 22.1. The van der Waals surface area contributed by atoms with Gasteiger partial charge in [0.2, 0.25) is 0 Å². The van der Waals surface area contributed by atoms with Crippen LogP contribution < -0.4 is 5.73 Å². The van der Waals surface area contributed by atoms with Crippen molar-refractivity contribution in [2.24, 2.45) is 5.92 Å². The summed E-state index contributed by atoms with van der Waals surface area (Å²) in [5.74, 6) is -0.959. The molecule has 0 saturated heterocycles. The average molecular weight is 422 g/mol. The number of hydroxylamine groups is 2. The summed E-state index contributed by atoms with van der Waals surface area (Å²) in [6.07, 6.45) is -0.557. The number of hydrogen-bond acceptors (Lipinski definition) is 4. The maximum Gasteiger partial charge on any atom is 0.416 e. The number of nitrogens with two attached hydrogens (primary N) is 1. The molecular weight excluding hydrogens is 397 g/mol. The molecule has 2 aromatic carbocycles. The molecule has 162 valence electrons. The van der Waals surface area contributed by atoms with E-state index < -0.39 is 24.3 Å². The van der Waals surface area contributed by atoms with Gasteiger partial charge in [-0.05, 0) is 54.2 Å². The van der Waals surface area contributed by atoms with Gasteiger partial charge in [0.15, 0.2) is 6.61 Å². The Bertz CT molecular complexity index is 832. The predicted molar refractivity (Wildman–Crippen MR) is 106 cm³/mol. The number of hydrogen-bond donors (Lipinski definition) is 2. The average Bonchev–Trinajstić information content (AvgIpc) is 3.22. The number of halogens is 3. The Balaban J connectivity index is 1.93. The first-order valence-corrected chi connectivity index (χ1v) is 9.87. The van der Waals surface area contributed by atoms with Gasteiger partial charge in [0.1, 0.15) is 0 Å². The smallest absolute Gasteiger partial charge is 0.416 e. The molecule has 0 amide bonds. The second-order valence-corrected chi connectivity index (χ2v) is 7.59. The fraction of sp³-hybridized carbons (Fsp3) is 0.409. The Hall–Kier alpha value is -2.58. The van der Waals surface area contributed by atoms with Crippen LogP contribution in [0.3, 0.4) is 0 Å². The van der Waals surface area contributed by atoms with Crippen LogP contribution in [0.25, 0.3) is 0 Å². The minimum absolute atomic E-state index is 0.157. The molecule has 1 atom stereocenters. The van der Waals surface area contributed by atoms with Crippen molar-refractivity contribution in [3.05, 3.63) is 65.2 Å². The van der Waals surface area contributed by atoms with Crippen molar-refractivity contribution in [1.29, 1.82) is 0 Å². The molecule has 1 aliphatic rings. The van der Waals surface area contributed by atoms with Crippen molar-refractivity contribution in [2.45, 2.75) is 44.4 Å². The summed E-state index contributed by atoms with van der Waals surface area (Å²) in [5, 5.41) is 10.7. The molecule has 0 radical (unpaired) electrons. The third-order valence-electron chi connectivity index (χ3n) is 5.41. The number of carboxylic acids is 1. The number of nitrogen functional groups attached to an aromatic ring is 1. The summed E-state index contributed by atoms with van der Waals surface area (Å²) in [6.45, 7) is -0.241. The normalized spacial score (nSPS) is 16.1. The largest absolute Gasteiger partial charge is 0.479 e. The molecule has 0 spiro atoms. The van der Waals surface area contributed by atoms with Gasteiger partial charge in [-0.1, -0.05) is 37.1 Å². The number of carboxylic acid groups (broad SMARTS) is 1. The fourth-order valence-electron chi connectivity index (χ4n) is 3.98. The van der Waals surface area contributed by atoms with E-state index in [0.29, 0.717) is 11.3 Å². The predicted octanol–water partition coefficient (Wildman–Crippen LogP) is 5.04. The Labute approximate surface area is 173 Å². The Morgan fingerprint density at radius 2 is 1.70 bits per heavy atom. The summed E-state index contributed by atoms with van der Waals surface area (Å²) in [5.41, 5.74) is 7.17. The molecule has 8 heteroatoms. The van der Waals surface area contributed by atoms with E-state index >= 15 is 0 Å². The maximum absolute atomic E-state index is 13.0. The van der Waals surface area contributed by atoms with E-state index in [1.54, 1.807) is 17.2 Å². The molecule has 30 heavy (non-hydrogen) atoms. The topological polar surface area (TPSA) is 75.8 Å². The van der Waals surface area contributed by atoms with Crippen molar-refractivity contribution in [3.8, 4) is 0 Å². The van der Waals surface area contributed by atoms with Gasteiger partial charge in [-0.15, -0.1) is 0 Å². The van der Waals surface area contributed by atoms with Crippen LogP contribution in [0.1, 0.15) is 48.4 Å². The van der Waals surface area contributed by atoms with Crippen LogP contribution in [0.2, 0.25) is 0 Å². The highest BCUT2D eigenvalue weighted by Gasteiger charge is 2.34. The van der Waals surface area contributed by atoms with Crippen LogP contribution in [0.5, 0.6) is 0 Å². The summed E-state index contributed by atoms with van der Waals surface area (Å²) in [6, 6.07) is 11.8. The first-order chi connectivity index (χ1) is 14.2. The molecule has 0 bridgehead atoms. The zero-order chi connectivity index (χ0) is 21.7. The second kappa shape index (κ2) is 9.49. The van der Waals surface area contributed by atoms with Crippen molar-refractivity contribution in [2.75, 3.05) is 12.3 Å². The zero-order valence-electron chi connectivity index (χ0n) is 16.4. The first-order valence-electron chi connectivity index (χ1n) is 9.87. The molecule has 1 saturated carbocycles. The third-order valence-corrected chi connectivity index (χ3v) is 5.41. The highest BCUT2D eigenvalue weighted by molar-refractivity contribution is 5.67. The van der Waals surface area contributed by atoms with E-state index in [2.05, 4.69) is 0 Å². The number of rotatable bonds is 8. The summed E-state index contributed by atoms with van der Waals surface area (Å²) >= 11 is 0. The van der Waals surface area contributed by atoms with Gasteiger partial charge in [0.25, 0.3) is 0 Å². The van der Waals surface area contributed by atoms with Gasteiger partial charge in [-0.3, -0.25) is 4.84 Å². The van der Waals surface area contributed by atoms with E-state index in [4.69, 9.17) is 15.7 Å². The van der Waals surface area contributed by atoms with Crippen LogP contribution in [0.15, 0.2) is 48.5 Å². The number of benzene rings is 2. The second-order valence-electron chi connectivity index (χ2n) is 7.59. The number of alkyl halides is 3. The minimum atomic E-state index is -4.41. The molecule has 1 unspecified atom stereocenters. The van der Waals surface area contributed by atoms with Gasteiger partial charge in [-0.25, -0.2) is 4.79 Å². The van der Waals surface area contributed by atoms with E-state index in [0.717, 1.165) is 43.4 Å². The monoisotopic (exact) mass is 422 g/mol. The van der Waals surface area contributed by atoms with Crippen LogP contribution in [-0.2, 0) is 22.4 Å². The Morgan fingerprint density at radius 1 is 1.10 bits per heavy atom. The molecule has 3 N–H and O–H groups in total. The fourth-order valence-corrected chi connectivity index (χ4v) is 3.98. The maximum atomic E-state index is 13.0. The highest BCUT2D eigenvalue weighted by Crippen LogP contribution is 2.41. The standard InChI is InChI=1S/C22H25F3N2O3/c23-22(24,25)18-9-7-17(8-10-18)21(16-3-1-2-4-16)27(30-14-20(28)29)13-15-5-11-19(26)12-6-15/h5-12,16,21H,1-4,13-14,26H2,(H,28,29). The summed E-state index contributed by atoms with van der Waals surface area (Å²) in [7, 11) is 0. The lowest BCUT2D eigenvalue weighted by Gasteiger charge is -2.35. The minimum Gasteiger partial charge on any atom is -0.479 e. The van der Waals surface area contributed by atoms with Crippen LogP contribution >= 0.6 is 0 Å². The van der Waals surface area contributed by atoms with E-state index in [1.165, 1.54) is 12.1 Å². The van der Waals surface area contributed by atoms with Crippen LogP contribution in [0, 0.1) is 5.92 Å². The lowest BCUT2D eigenvalue weighted by Crippen LogP contribution is -2.34. The highest BCUT2D eigenvalue weighted by atomic mass is 19.4. The number of anilines is 1. The molecular formula is C22H25F3N2O3. The lowest BCUT2D eigenvalue weighted by atomic mass is 9.90. The van der Waals surface area contributed by atoms with Crippen LogP contribution in [-0.4, -0.2) is 22.7 Å². The molecule has 5 nitrogen and oxygen atoms in total. The van der Waals surface area contributed by atoms with Gasteiger partial charge in [0, 0.05) is 12.2 Å². The van der Waals surface area contributed by atoms with E-state index in [-0.39, 0.29) is 18.5 Å². The quantitative estimate of drug-likeness (QED) is 0.461. The van der Waals surface area contributed by atoms with E-state index in [9.17, 15) is 18.0 Å². The van der Waals surface area contributed by atoms with Gasteiger partial charge in [0.05, 0.1) is 11.6 Å². The van der Waals surface area contributed by atoms with Crippen LogP contribution in [0.4, 0.5) is 18.9 Å². The Kier molecular flexibility index (Phi) is 6.99. The lowest BCUT2D eigenvalue weighted by molar-refractivity contribution is -0.213. The zero-order valence-corrected chi connectivity index (χ0v) is 16.4. The van der Waals surface area contributed by atoms with Gasteiger partial charge in [-0.2, -0.15) is 18.2 Å². The summed E-state index contributed by atoms with van der Waals surface area (Å²) < 4.78 is 39.0. The SMILES string of the molecule is Nc1ccc(CN(OCC(=O)O)C(c2ccc(C(F)(F)F)cc2)C2CCCC2)cc1. The molecule has 3 rings (SSSR count). The number of nitrogens with zero attached hydrogens (tertiary/aromatic N) is 1. The molecule has 0 aliphatic heterocycles. The third kappa shape index (κ3) is 5.73. The number of aliphatic carboxylic acids is 1. The van der Waals surface area contributed by atoms with Crippen molar-refractivity contribution in [1.82, 2.24) is 5.06 Å². The Morgan fingerprint density at radius 3 is 2.23 bits per heavy atom. The number of carbonyl (C=O) groups is 1. The molecule has 0 heterocycles. The van der Waals surface area contributed by atoms with Gasteiger partial charge >= 0.3 is 12.1 Å². The molecule has 1 aliphatic carbocycles. The van der Waals surface area contributed by atoms with Gasteiger partial charge < -0.3 is 10.8 Å². The molecule has 1 fully saturated rings. The molecule has 0 aromatic heterocycles. The van der Waals surface area contributed by atoms with Crippen molar-refractivity contribution in [3.63, 3.8) is 0 Å². The van der Waals surface area contributed by atoms with Crippen molar-refractivity contribution >= 4 is 11.7 Å². The summed E-state index contributed by atoms with van der Waals surface area (Å²) in [4.78, 5) is 16.8. The van der Waals surface area contributed by atoms with Crippen molar-refractivity contribution < 1.29 is 27.9 Å². The van der Waals surface area contributed by atoms with E-state index in [1.807, 2.05) is 12.1 Å². The molecule has 2 aromatic rings.